The van der Waals surface area contributed by atoms with Crippen LogP contribution in [0.4, 0.5) is 5.82 Å². The summed E-state index contributed by atoms with van der Waals surface area (Å²) in [7, 11) is 1.78. The first kappa shape index (κ1) is 22.6. The Kier molecular flexibility index (Phi) is 7.87. The lowest BCUT2D eigenvalue weighted by atomic mass is 9.96. The van der Waals surface area contributed by atoms with E-state index in [0.717, 1.165) is 49.8 Å². The van der Waals surface area contributed by atoms with Crippen molar-refractivity contribution in [3.63, 3.8) is 0 Å². The monoisotopic (exact) mass is 422 g/mol. The van der Waals surface area contributed by atoms with Gasteiger partial charge in [0.15, 0.2) is 5.96 Å². The number of aryl methyl sites for hydroxylation is 1. The van der Waals surface area contributed by atoms with Crippen LogP contribution in [0.1, 0.15) is 42.4 Å². The number of guanidine groups is 1. The highest BCUT2D eigenvalue weighted by atomic mass is 16.1. The number of nitrogens with two attached hydrogens (primary N) is 1. The van der Waals surface area contributed by atoms with Crippen molar-refractivity contribution in [2.24, 2.45) is 16.6 Å². The summed E-state index contributed by atoms with van der Waals surface area (Å²) < 4.78 is 0. The molecule has 1 unspecified atom stereocenters. The maximum absolute atomic E-state index is 11.4. The largest absolute Gasteiger partial charge is 0.369 e. The summed E-state index contributed by atoms with van der Waals surface area (Å²) in [6.07, 6.45) is 3.37. The highest BCUT2D eigenvalue weighted by molar-refractivity contribution is 5.80. The Labute approximate surface area is 185 Å². The van der Waals surface area contributed by atoms with Crippen LogP contribution in [-0.2, 0) is 11.3 Å². The number of rotatable bonds is 7. The summed E-state index contributed by atoms with van der Waals surface area (Å²) in [6.45, 7) is 7.31. The third kappa shape index (κ3) is 6.20. The SMILES string of the molecule is CN=C(NCc1cccnc1N1CCC(C(N)=O)CC1)NCC(C)c1ccc(C)cc1. The molecule has 3 rings (SSSR count). The fraction of sp³-hybridized carbons (Fsp3) is 0.458. The molecule has 1 fully saturated rings. The highest BCUT2D eigenvalue weighted by Gasteiger charge is 2.25. The summed E-state index contributed by atoms with van der Waals surface area (Å²) in [4.78, 5) is 22.7. The number of aromatic nitrogens is 1. The van der Waals surface area contributed by atoms with Gasteiger partial charge in [0.05, 0.1) is 0 Å². The quantitative estimate of drug-likeness (QED) is 0.471. The van der Waals surface area contributed by atoms with Crippen LogP contribution in [-0.4, -0.2) is 43.5 Å². The molecule has 0 bridgehead atoms. The molecule has 4 N–H and O–H groups in total. The van der Waals surface area contributed by atoms with Gasteiger partial charge in [-0.05, 0) is 37.3 Å². The van der Waals surface area contributed by atoms with E-state index in [9.17, 15) is 4.79 Å². The molecular weight excluding hydrogens is 388 g/mol. The summed E-state index contributed by atoms with van der Waals surface area (Å²) >= 11 is 0. The first-order valence-corrected chi connectivity index (χ1v) is 11.0. The molecule has 1 aliphatic rings. The van der Waals surface area contributed by atoms with E-state index in [1.165, 1.54) is 11.1 Å². The van der Waals surface area contributed by atoms with Crippen molar-refractivity contribution in [3.8, 4) is 0 Å². The van der Waals surface area contributed by atoms with Gasteiger partial charge in [0.1, 0.15) is 5.82 Å². The predicted octanol–water partition coefficient (Wildman–Crippen LogP) is 2.56. The zero-order valence-corrected chi connectivity index (χ0v) is 18.8. The second-order valence-electron chi connectivity index (χ2n) is 8.27. The van der Waals surface area contributed by atoms with Gasteiger partial charge in [-0.25, -0.2) is 4.98 Å². The van der Waals surface area contributed by atoms with Gasteiger partial charge in [-0.2, -0.15) is 0 Å². The van der Waals surface area contributed by atoms with E-state index in [4.69, 9.17) is 5.73 Å². The van der Waals surface area contributed by atoms with Gasteiger partial charge in [0, 0.05) is 50.9 Å². The predicted molar refractivity (Wildman–Crippen MR) is 126 cm³/mol. The molecule has 2 heterocycles. The summed E-state index contributed by atoms with van der Waals surface area (Å²) in [6, 6.07) is 12.7. The van der Waals surface area contributed by atoms with Crippen molar-refractivity contribution >= 4 is 17.7 Å². The second kappa shape index (κ2) is 10.8. The number of aliphatic imine (C=N–C) groups is 1. The average Bonchev–Trinajstić information content (AvgIpc) is 2.79. The van der Waals surface area contributed by atoms with Crippen molar-refractivity contribution in [1.82, 2.24) is 15.6 Å². The second-order valence-corrected chi connectivity index (χ2v) is 8.27. The zero-order valence-electron chi connectivity index (χ0n) is 18.8. The number of benzene rings is 1. The third-order valence-corrected chi connectivity index (χ3v) is 5.96. The molecule has 7 heteroatoms. The third-order valence-electron chi connectivity index (χ3n) is 5.96. The Morgan fingerprint density at radius 3 is 2.58 bits per heavy atom. The molecule has 1 aliphatic heterocycles. The molecule has 0 aliphatic carbocycles. The van der Waals surface area contributed by atoms with E-state index in [-0.39, 0.29) is 11.8 Å². The van der Waals surface area contributed by atoms with E-state index in [1.54, 1.807) is 7.05 Å². The summed E-state index contributed by atoms with van der Waals surface area (Å²) in [5.74, 6) is 1.87. The molecule has 1 aromatic carbocycles. The highest BCUT2D eigenvalue weighted by Crippen LogP contribution is 2.24. The minimum Gasteiger partial charge on any atom is -0.369 e. The van der Waals surface area contributed by atoms with Crippen LogP contribution in [0.3, 0.4) is 0 Å². The van der Waals surface area contributed by atoms with Crippen molar-refractivity contribution in [1.29, 1.82) is 0 Å². The normalized spacial score (nSPS) is 16.1. The Balaban J connectivity index is 1.55. The first-order chi connectivity index (χ1) is 15.0. The number of pyridine rings is 1. The van der Waals surface area contributed by atoms with Crippen molar-refractivity contribution in [2.75, 3.05) is 31.6 Å². The molecule has 7 nitrogen and oxygen atoms in total. The molecule has 0 spiro atoms. The van der Waals surface area contributed by atoms with Crippen LogP contribution in [0.15, 0.2) is 47.6 Å². The lowest BCUT2D eigenvalue weighted by Crippen LogP contribution is -2.41. The fourth-order valence-electron chi connectivity index (χ4n) is 3.89. The van der Waals surface area contributed by atoms with Crippen LogP contribution in [0, 0.1) is 12.8 Å². The molecule has 0 saturated carbocycles. The Morgan fingerprint density at radius 2 is 1.94 bits per heavy atom. The number of nitrogens with zero attached hydrogens (tertiary/aromatic N) is 3. The average molecular weight is 423 g/mol. The van der Waals surface area contributed by atoms with Gasteiger partial charge in [-0.3, -0.25) is 9.79 Å². The number of hydrogen-bond donors (Lipinski definition) is 3. The topological polar surface area (TPSA) is 95.6 Å². The Hall–Kier alpha value is -3.09. The maximum atomic E-state index is 11.4. The number of piperidine rings is 1. The number of hydrogen-bond acceptors (Lipinski definition) is 4. The number of nitrogens with one attached hydrogen (secondary N) is 2. The zero-order chi connectivity index (χ0) is 22.2. The van der Waals surface area contributed by atoms with Crippen LogP contribution >= 0.6 is 0 Å². The smallest absolute Gasteiger partial charge is 0.220 e. The van der Waals surface area contributed by atoms with Crippen molar-refractivity contribution in [2.45, 2.75) is 39.2 Å². The van der Waals surface area contributed by atoms with Crippen LogP contribution in [0.5, 0.6) is 0 Å². The number of primary amides is 1. The summed E-state index contributed by atoms with van der Waals surface area (Å²) in [5, 5.41) is 6.83. The standard InChI is InChI=1S/C24H34N6O/c1-17-6-8-19(9-7-17)18(2)15-28-24(26-3)29-16-21-5-4-12-27-23(21)30-13-10-20(11-14-30)22(25)31/h4-9,12,18,20H,10-11,13-16H2,1-3H3,(H2,25,31)(H2,26,28,29). The van der Waals surface area contributed by atoms with Crippen LogP contribution in [0.2, 0.25) is 0 Å². The minimum absolute atomic E-state index is 0.0277. The summed E-state index contributed by atoms with van der Waals surface area (Å²) in [5.41, 5.74) is 9.15. The molecule has 1 atom stereocenters. The van der Waals surface area contributed by atoms with Gasteiger partial charge in [0.25, 0.3) is 0 Å². The molecular formula is C24H34N6O. The number of anilines is 1. The van der Waals surface area contributed by atoms with Gasteiger partial charge in [-0.1, -0.05) is 42.8 Å². The molecule has 166 valence electrons. The molecule has 1 saturated heterocycles. The van der Waals surface area contributed by atoms with E-state index in [2.05, 4.69) is 69.7 Å². The lowest BCUT2D eigenvalue weighted by molar-refractivity contribution is -0.122. The van der Waals surface area contributed by atoms with Crippen molar-refractivity contribution in [3.05, 3.63) is 59.3 Å². The van der Waals surface area contributed by atoms with Crippen molar-refractivity contribution < 1.29 is 4.79 Å². The van der Waals surface area contributed by atoms with E-state index < -0.39 is 0 Å². The Bertz CT molecular complexity index is 887. The minimum atomic E-state index is -0.197. The number of carbonyl (C=O) groups excluding carboxylic acids is 1. The first-order valence-electron chi connectivity index (χ1n) is 11.0. The fourth-order valence-corrected chi connectivity index (χ4v) is 3.89. The molecule has 2 aromatic rings. The Morgan fingerprint density at radius 1 is 1.23 bits per heavy atom. The molecule has 0 radical (unpaired) electrons. The van der Waals surface area contributed by atoms with E-state index in [0.29, 0.717) is 12.5 Å². The van der Waals surface area contributed by atoms with Crippen LogP contribution < -0.4 is 21.3 Å². The maximum Gasteiger partial charge on any atom is 0.220 e. The van der Waals surface area contributed by atoms with E-state index in [1.807, 2.05) is 12.3 Å². The molecule has 31 heavy (non-hydrogen) atoms. The van der Waals surface area contributed by atoms with Crippen LogP contribution in [0.25, 0.3) is 0 Å². The van der Waals surface area contributed by atoms with Gasteiger partial charge in [0.2, 0.25) is 5.91 Å². The molecule has 1 aromatic heterocycles. The van der Waals surface area contributed by atoms with Gasteiger partial charge < -0.3 is 21.3 Å². The van der Waals surface area contributed by atoms with E-state index >= 15 is 0 Å². The van der Waals surface area contributed by atoms with Gasteiger partial charge >= 0.3 is 0 Å². The van der Waals surface area contributed by atoms with Gasteiger partial charge in [-0.15, -0.1) is 0 Å². The number of carbonyl (C=O) groups is 1. The number of amides is 1. The lowest BCUT2D eigenvalue weighted by Gasteiger charge is -2.32. The molecule has 1 amide bonds.